The quantitative estimate of drug-likeness (QED) is 0.240. The van der Waals surface area contributed by atoms with Crippen molar-refractivity contribution in [1.29, 1.82) is 0 Å². The summed E-state index contributed by atoms with van der Waals surface area (Å²) >= 11 is 17.6. The molecule has 3 heterocycles. The van der Waals surface area contributed by atoms with Crippen molar-refractivity contribution in [3.05, 3.63) is 107 Å². The van der Waals surface area contributed by atoms with Gasteiger partial charge in [-0.1, -0.05) is 74.4 Å². The number of thiazole rings is 1. The van der Waals surface area contributed by atoms with Crippen molar-refractivity contribution in [2.45, 2.75) is 22.7 Å². The molecular formula is C28H17BrCl2FN3O4S2. The molecule has 1 saturated heterocycles. The maximum atomic E-state index is 13.9. The maximum absolute atomic E-state index is 13.9. The lowest BCUT2D eigenvalue weighted by Gasteiger charge is -2.30. The van der Waals surface area contributed by atoms with E-state index in [-0.39, 0.29) is 22.1 Å². The molecule has 0 saturated carbocycles. The van der Waals surface area contributed by atoms with Crippen LogP contribution in [0, 0.1) is 11.7 Å². The molecule has 7 nitrogen and oxygen atoms in total. The van der Waals surface area contributed by atoms with Crippen LogP contribution in [0.3, 0.4) is 0 Å². The minimum Gasteiger partial charge on any atom is -0.324 e. The first-order valence-electron chi connectivity index (χ1n) is 12.2. The summed E-state index contributed by atoms with van der Waals surface area (Å²) in [5.41, 5.74) is 1.42. The molecule has 208 valence electrons. The van der Waals surface area contributed by atoms with Gasteiger partial charge in [-0.15, -0.1) is 0 Å². The number of imide groups is 1. The van der Waals surface area contributed by atoms with Gasteiger partial charge >= 0.3 is 4.87 Å². The van der Waals surface area contributed by atoms with Crippen molar-refractivity contribution < 1.29 is 18.8 Å². The molecule has 1 aromatic heterocycles. The van der Waals surface area contributed by atoms with Crippen LogP contribution in [0.15, 0.2) is 81.0 Å². The Morgan fingerprint density at radius 2 is 1.73 bits per heavy atom. The number of halogens is 4. The standard InChI is InChI=1S/C28H17BrCl2FN3O4S2/c29-14-3-1-2-13(10-14)21-22-23(26(38)35(25(22)37)17-7-4-15(32)5-8-17)40-27-24(21)41-28(39)34(27)12-20(36)33-16-6-9-18(30)19(31)11-16/h1-11,21-23H,12H2,(H,33,36)/t21-,22-,23+/m0/s1. The fraction of sp³-hybridized carbons (Fsp3) is 0.143. The first kappa shape index (κ1) is 28.2. The van der Waals surface area contributed by atoms with E-state index >= 15 is 0 Å². The Morgan fingerprint density at radius 1 is 0.976 bits per heavy atom. The number of fused-ring (bicyclic) bond motifs is 2. The first-order chi connectivity index (χ1) is 19.6. The zero-order valence-corrected chi connectivity index (χ0v) is 25.4. The monoisotopic (exact) mass is 691 g/mol. The van der Waals surface area contributed by atoms with Crippen LogP contribution in [0.4, 0.5) is 15.8 Å². The van der Waals surface area contributed by atoms with Crippen molar-refractivity contribution in [2.75, 3.05) is 10.2 Å². The average molecular weight is 693 g/mol. The summed E-state index contributed by atoms with van der Waals surface area (Å²) in [5, 5.41) is 2.92. The SMILES string of the molecule is O=C(Cn1c2c(sc1=O)[C@@H](c1cccc(Br)c1)[C@@H]1C(=O)N(c3ccc(F)cc3)C(=O)[C@@H]1S2)Nc1ccc(Cl)c(Cl)c1. The Morgan fingerprint density at radius 3 is 2.44 bits per heavy atom. The number of benzene rings is 3. The number of carbonyl (C=O) groups is 3. The molecule has 41 heavy (non-hydrogen) atoms. The number of carbonyl (C=O) groups excluding carboxylic acids is 3. The fourth-order valence-corrected chi connectivity index (χ4v) is 8.57. The summed E-state index contributed by atoms with van der Waals surface area (Å²) in [5.74, 6) is -3.29. The van der Waals surface area contributed by atoms with E-state index in [9.17, 15) is 23.6 Å². The van der Waals surface area contributed by atoms with Crippen LogP contribution >= 0.6 is 62.2 Å². The van der Waals surface area contributed by atoms with Crippen molar-refractivity contribution in [1.82, 2.24) is 4.57 Å². The zero-order chi connectivity index (χ0) is 29.0. The van der Waals surface area contributed by atoms with Gasteiger partial charge in [0.2, 0.25) is 17.7 Å². The molecule has 6 rings (SSSR count). The number of nitrogens with one attached hydrogen (secondary N) is 1. The number of amides is 3. The van der Waals surface area contributed by atoms with Gasteiger partial charge in [0, 0.05) is 21.0 Å². The van der Waals surface area contributed by atoms with E-state index in [0.717, 1.165) is 38.0 Å². The number of nitrogens with zero attached hydrogens (tertiary/aromatic N) is 2. The molecule has 0 radical (unpaired) electrons. The molecule has 2 aliphatic heterocycles. The van der Waals surface area contributed by atoms with Crippen LogP contribution in [-0.2, 0) is 20.9 Å². The van der Waals surface area contributed by atoms with Crippen molar-refractivity contribution in [2.24, 2.45) is 5.92 Å². The van der Waals surface area contributed by atoms with Crippen molar-refractivity contribution >= 4 is 91.3 Å². The number of hydrogen-bond donors (Lipinski definition) is 1. The van der Waals surface area contributed by atoms with E-state index in [4.69, 9.17) is 23.2 Å². The van der Waals surface area contributed by atoms with E-state index in [1.807, 2.05) is 24.3 Å². The minimum atomic E-state index is -0.859. The Kier molecular flexibility index (Phi) is 7.58. The van der Waals surface area contributed by atoms with E-state index in [1.165, 1.54) is 34.9 Å². The lowest BCUT2D eigenvalue weighted by molar-refractivity contribution is -0.122. The summed E-state index contributed by atoms with van der Waals surface area (Å²) < 4.78 is 15.7. The highest BCUT2D eigenvalue weighted by atomic mass is 79.9. The predicted octanol–water partition coefficient (Wildman–Crippen LogP) is 6.55. The van der Waals surface area contributed by atoms with Crippen molar-refractivity contribution in [3.63, 3.8) is 0 Å². The van der Waals surface area contributed by atoms with E-state index < -0.39 is 40.6 Å². The second-order valence-corrected chi connectivity index (χ2v) is 13.2. The lowest BCUT2D eigenvalue weighted by Crippen LogP contribution is -2.33. The smallest absolute Gasteiger partial charge is 0.308 e. The summed E-state index contributed by atoms with van der Waals surface area (Å²) in [7, 11) is 0. The van der Waals surface area contributed by atoms with Gasteiger partial charge in [0.15, 0.2) is 0 Å². The van der Waals surface area contributed by atoms with Gasteiger partial charge in [0.25, 0.3) is 0 Å². The second kappa shape index (κ2) is 11.0. The zero-order valence-electron chi connectivity index (χ0n) is 20.6. The first-order valence-corrected chi connectivity index (χ1v) is 15.4. The molecule has 3 aromatic carbocycles. The lowest BCUT2D eigenvalue weighted by atomic mass is 9.83. The highest BCUT2D eigenvalue weighted by molar-refractivity contribution is 9.10. The number of hydrogen-bond acceptors (Lipinski definition) is 6. The number of thioether (sulfide) groups is 1. The van der Waals surface area contributed by atoms with Crippen LogP contribution < -0.4 is 15.1 Å². The van der Waals surface area contributed by atoms with Crippen LogP contribution in [0.2, 0.25) is 10.0 Å². The van der Waals surface area contributed by atoms with Crippen LogP contribution in [0.25, 0.3) is 0 Å². The molecule has 0 bridgehead atoms. The Hall–Kier alpha value is -2.96. The third kappa shape index (κ3) is 5.14. The van der Waals surface area contributed by atoms with Gasteiger partial charge in [-0.3, -0.25) is 23.7 Å². The van der Waals surface area contributed by atoms with Gasteiger partial charge in [-0.2, -0.15) is 0 Å². The third-order valence-corrected chi connectivity index (χ3v) is 10.7. The van der Waals surface area contributed by atoms with Crippen LogP contribution in [-0.4, -0.2) is 27.5 Å². The van der Waals surface area contributed by atoms with Gasteiger partial charge in [0.05, 0.1) is 26.7 Å². The topological polar surface area (TPSA) is 88.5 Å². The van der Waals surface area contributed by atoms with Gasteiger partial charge in [-0.05, 0) is 60.2 Å². The molecule has 0 spiro atoms. The Bertz CT molecular complexity index is 1800. The van der Waals surface area contributed by atoms with Crippen LogP contribution in [0.1, 0.15) is 16.4 Å². The second-order valence-electron chi connectivity index (χ2n) is 9.39. The fourth-order valence-electron chi connectivity index (χ4n) is 5.08. The normalized spacial score (nSPS) is 19.7. The highest BCUT2D eigenvalue weighted by Gasteiger charge is 2.56. The molecule has 13 heteroatoms. The molecular weight excluding hydrogens is 676 g/mol. The molecule has 3 atom stereocenters. The molecule has 0 aliphatic carbocycles. The molecule has 2 aliphatic rings. The molecule has 0 unspecified atom stereocenters. The molecule has 4 aromatic rings. The van der Waals surface area contributed by atoms with Gasteiger partial charge in [-0.25, -0.2) is 9.29 Å². The van der Waals surface area contributed by atoms with Crippen molar-refractivity contribution in [3.8, 4) is 0 Å². The maximum Gasteiger partial charge on any atom is 0.308 e. The average Bonchev–Trinajstić information content (AvgIpc) is 3.37. The molecule has 3 amide bonds. The summed E-state index contributed by atoms with van der Waals surface area (Å²) in [6, 6.07) is 17.2. The predicted molar refractivity (Wildman–Crippen MR) is 162 cm³/mol. The number of aromatic nitrogens is 1. The van der Waals surface area contributed by atoms with Gasteiger partial charge < -0.3 is 5.32 Å². The third-order valence-electron chi connectivity index (χ3n) is 6.85. The summed E-state index contributed by atoms with van der Waals surface area (Å²) in [6.07, 6.45) is 0. The Labute approximate surface area is 259 Å². The number of anilines is 2. The highest BCUT2D eigenvalue weighted by Crippen LogP contribution is 2.54. The van der Waals surface area contributed by atoms with E-state index in [1.54, 1.807) is 12.1 Å². The number of rotatable bonds is 5. The van der Waals surface area contributed by atoms with E-state index in [2.05, 4.69) is 21.2 Å². The summed E-state index contributed by atoms with van der Waals surface area (Å²) in [4.78, 5) is 55.1. The molecule has 1 fully saturated rings. The molecule has 1 N–H and O–H groups in total. The largest absolute Gasteiger partial charge is 0.324 e. The minimum absolute atomic E-state index is 0.267. The summed E-state index contributed by atoms with van der Waals surface area (Å²) in [6.45, 7) is -0.315. The van der Waals surface area contributed by atoms with E-state index in [0.29, 0.717) is 20.6 Å². The van der Waals surface area contributed by atoms with Gasteiger partial charge in [0.1, 0.15) is 17.6 Å². The Balaban J connectivity index is 1.40. The van der Waals surface area contributed by atoms with Crippen LogP contribution in [0.5, 0.6) is 0 Å².